The van der Waals surface area contributed by atoms with Crippen molar-refractivity contribution in [2.24, 2.45) is 0 Å². The second kappa shape index (κ2) is 6.74. The van der Waals surface area contributed by atoms with Crippen LogP contribution in [-0.2, 0) is 4.79 Å². The van der Waals surface area contributed by atoms with Gasteiger partial charge in [0.05, 0.1) is 5.92 Å². The fourth-order valence-electron chi connectivity index (χ4n) is 3.15. The van der Waals surface area contributed by atoms with Crippen LogP contribution in [0.5, 0.6) is 0 Å². The van der Waals surface area contributed by atoms with E-state index in [-0.39, 0.29) is 5.92 Å². The highest BCUT2D eigenvalue weighted by Crippen LogP contribution is 2.27. The molecule has 0 aliphatic carbocycles. The van der Waals surface area contributed by atoms with E-state index in [1.54, 1.807) is 0 Å². The Balaban J connectivity index is 2.16. The zero-order valence-corrected chi connectivity index (χ0v) is 12.1. The first-order chi connectivity index (χ1) is 9.27. The van der Waals surface area contributed by atoms with Crippen LogP contribution >= 0.6 is 0 Å². The lowest BCUT2D eigenvalue weighted by molar-refractivity contribution is -0.136. The third kappa shape index (κ3) is 3.17. The van der Waals surface area contributed by atoms with Crippen molar-refractivity contribution in [2.75, 3.05) is 6.54 Å². The molecule has 0 bridgehead atoms. The third-order valence-electron chi connectivity index (χ3n) is 4.29. The monoisotopic (exact) mass is 259 g/mol. The molecule has 0 aromatic heterocycles. The lowest BCUT2D eigenvalue weighted by Crippen LogP contribution is -2.45. The molecule has 1 aliphatic heterocycles. The Morgan fingerprint density at radius 2 is 2.00 bits per heavy atom. The number of carbonyl (C=O) groups is 1. The van der Waals surface area contributed by atoms with Gasteiger partial charge in [-0.1, -0.05) is 44.2 Å². The SMILES string of the molecule is CC[C@@H]1CCCCN1C(=O)[C@@H](CC)c1ccccc1. The number of rotatable bonds is 4. The van der Waals surface area contributed by atoms with Crippen molar-refractivity contribution in [3.8, 4) is 0 Å². The van der Waals surface area contributed by atoms with E-state index >= 15 is 0 Å². The molecule has 2 atom stereocenters. The maximum absolute atomic E-state index is 12.8. The van der Waals surface area contributed by atoms with Gasteiger partial charge in [-0.3, -0.25) is 4.79 Å². The molecule has 1 fully saturated rings. The van der Waals surface area contributed by atoms with Crippen LogP contribution in [0.2, 0.25) is 0 Å². The summed E-state index contributed by atoms with van der Waals surface area (Å²) in [6.45, 7) is 5.25. The van der Waals surface area contributed by atoms with Crippen molar-refractivity contribution in [3.63, 3.8) is 0 Å². The highest BCUT2D eigenvalue weighted by molar-refractivity contribution is 5.84. The fourth-order valence-corrected chi connectivity index (χ4v) is 3.15. The second-order valence-corrected chi connectivity index (χ2v) is 5.46. The number of piperidine rings is 1. The van der Waals surface area contributed by atoms with Gasteiger partial charge in [-0.2, -0.15) is 0 Å². The molecule has 2 rings (SSSR count). The zero-order valence-electron chi connectivity index (χ0n) is 12.1. The van der Waals surface area contributed by atoms with E-state index in [0.717, 1.165) is 31.4 Å². The molecule has 0 saturated carbocycles. The molecule has 0 radical (unpaired) electrons. The highest BCUT2D eigenvalue weighted by Gasteiger charge is 2.30. The van der Waals surface area contributed by atoms with Crippen LogP contribution < -0.4 is 0 Å². The molecule has 2 nitrogen and oxygen atoms in total. The Bertz CT molecular complexity index is 401. The van der Waals surface area contributed by atoms with E-state index in [1.807, 2.05) is 18.2 Å². The average molecular weight is 259 g/mol. The van der Waals surface area contributed by atoms with Gasteiger partial charge in [0.15, 0.2) is 0 Å². The molecule has 1 amide bonds. The molecule has 0 spiro atoms. The van der Waals surface area contributed by atoms with Gasteiger partial charge in [0.2, 0.25) is 5.91 Å². The van der Waals surface area contributed by atoms with Gasteiger partial charge in [0.1, 0.15) is 0 Å². The summed E-state index contributed by atoms with van der Waals surface area (Å²) in [6.07, 6.45) is 5.57. The van der Waals surface area contributed by atoms with Crippen LogP contribution in [0.4, 0.5) is 0 Å². The Kier molecular flexibility index (Phi) is 5.00. The molecule has 1 saturated heterocycles. The van der Waals surface area contributed by atoms with Gasteiger partial charge < -0.3 is 4.90 Å². The Morgan fingerprint density at radius 1 is 1.26 bits per heavy atom. The predicted octanol–water partition coefficient (Wildman–Crippen LogP) is 3.97. The van der Waals surface area contributed by atoms with Crippen LogP contribution in [0.15, 0.2) is 30.3 Å². The summed E-state index contributed by atoms with van der Waals surface area (Å²) in [4.78, 5) is 15.0. The van der Waals surface area contributed by atoms with E-state index in [1.165, 1.54) is 12.8 Å². The van der Waals surface area contributed by atoms with Crippen LogP contribution in [0.25, 0.3) is 0 Å². The molecular weight excluding hydrogens is 234 g/mol. The topological polar surface area (TPSA) is 20.3 Å². The van der Waals surface area contributed by atoms with Crippen molar-refractivity contribution < 1.29 is 4.79 Å². The minimum atomic E-state index is 0.0355. The molecule has 1 aliphatic rings. The maximum Gasteiger partial charge on any atom is 0.230 e. The summed E-state index contributed by atoms with van der Waals surface area (Å²) in [7, 11) is 0. The normalized spacial score (nSPS) is 21.2. The van der Waals surface area contributed by atoms with E-state index < -0.39 is 0 Å². The highest BCUT2D eigenvalue weighted by atomic mass is 16.2. The first kappa shape index (κ1) is 14.1. The minimum Gasteiger partial charge on any atom is -0.339 e. The van der Waals surface area contributed by atoms with Crippen LogP contribution in [0, 0.1) is 0 Å². The number of likely N-dealkylation sites (tertiary alicyclic amines) is 1. The van der Waals surface area contributed by atoms with Crippen molar-refractivity contribution in [2.45, 2.75) is 57.9 Å². The molecule has 104 valence electrons. The first-order valence-electron chi connectivity index (χ1n) is 7.63. The lowest BCUT2D eigenvalue weighted by Gasteiger charge is -2.37. The summed E-state index contributed by atoms with van der Waals surface area (Å²) in [5, 5.41) is 0. The van der Waals surface area contributed by atoms with Crippen LogP contribution in [0.3, 0.4) is 0 Å². The first-order valence-corrected chi connectivity index (χ1v) is 7.63. The van der Waals surface area contributed by atoms with Crippen LogP contribution in [0.1, 0.15) is 57.4 Å². The second-order valence-electron chi connectivity index (χ2n) is 5.46. The largest absolute Gasteiger partial charge is 0.339 e. The van der Waals surface area contributed by atoms with Gasteiger partial charge in [-0.15, -0.1) is 0 Å². The van der Waals surface area contributed by atoms with Crippen LogP contribution in [-0.4, -0.2) is 23.4 Å². The summed E-state index contributed by atoms with van der Waals surface area (Å²) >= 11 is 0. The summed E-state index contributed by atoms with van der Waals surface area (Å²) < 4.78 is 0. The maximum atomic E-state index is 12.8. The molecule has 1 aromatic carbocycles. The molecular formula is C17H25NO. The van der Waals surface area contributed by atoms with E-state index in [2.05, 4.69) is 30.9 Å². The summed E-state index contributed by atoms with van der Waals surface area (Å²) in [5.41, 5.74) is 1.16. The molecule has 0 unspecified atom stereocenters. The predicted molar refractivity (Wildman–Crippen MR) is 79.1 cm³/mol. The molecule has 1 aromatic rings. The van der Waals surface area contributed by atoms with E-state index in [9.17, 15) is 4.79 Å². The zero-order chi connectivity index (χ0) is 13.7. The molecule has 0 N–H and O–H groups in total. The minimum absolute atomic E-state index is 0.0355. The fraction of sp³-hybridized carbons (Fsp3) is 0.588. The smallest absolute Gasteiger partial charge is 0.230 e. The van der Waals surface area contributed by atoms with Gasteiger partial charge >= 0.3 is 0 Å². The number of amides is 1. The van der Waals surface area contributed by atoms with E-state index in [4.69, 9.17) is 0 Å². The van der Waals surface area contributed by atoms with Crippen molar-refractivity contribution in [3.05, 3.63) is 35.9 Å². The standard InChI is InChI=1S/C17H25NO/c1-3-15-12-8-9-13-18(15)17(19)16(4-2)14-10-6-5-7-11-14/h5-7,10-11,15-16H,3-4,8-9,12-13H2,1-2H3/t15-,16+/m1/s1. The molecule has 1 heterocycles. The van der Waals surface area contributed by atoms with Gasteiger partial charge in [0, 0.05) is 12.6 Å². The Hall–Kier alpha value is -1.31. The Morgan fingerprint density at radius 3 is 2.63 bits per heavy atom. The van der Waals surface area contributed by atoms with Crippen molar-refractivity contribution >= 4 is 5.91 Å². The number of carbonyl (C=O) groups excluding carboxylic acids is 1. The number of hydrogen-bond acceptors (Lipinski definition) is 1. The summed E-state index contributed by atoms with van der Waals surface area (Å²) in [5.74, 6) is 0.369. The molecule has 19 heavy (non-hydrogen) atoms. The Labute approximate surface area is 116 Å². The number of nitrogens with zero attached hydrogens (tertiary/aromatic N) is 1. The summed E-state index contributed by atoms with van der Waals surface area (Å²) in [6, 6.07) is 10.7. The quantitative estimate of drug-likeness (QED) is 0.801. The van der Waals surface area contributed by atoms with Gasteiger partial charge in [0.25, 0.3) is 0 Å². The number of benzene rings is 1. The van der Waals surface area contributed by atoms with Crippen molar-refractivity contribution in [1.29, 1.82) is 0 Å². The average Bonchev–Trinajstić information content (AvgIpc) is 2.49. The number of hydrogen-bond donors (Lipinski definition) is 0. The van der Waals surface area contributed by atoms with Crippen molar-refractivity contribution in [1.82, 2.24) is 4.90 Å². The third-order valence-corrected chi connectivity index (χ3v) is 4.29. The van der Waals surface area contributed by atoms with Gasteiger partial charge in [-0.05, 0) is 37.7 Å². The van der Waals surface area contributed by atoms with E-state index in [0.29, 0.717) is 11.9 Å². The lowest BCUT2D eigenvalue weighted by atomic mass is 9.92. The molecule has 2 heteroatoms. The van der Waals surface area contributed by atoms with Gasteiger partial charge in [-0.25, -0.2) is 0 Å².